The number of anilines is 1. The van der Waals surface area contributed by atoms with Crippen LogP contribution < -0.4 is 15.2 Å². The zero-order valence-electron chi connectivity index (χ0n) is 29.3. The first-order valence-electron chi connectivity index (χ1n) is 16.3. The highest BCUT2D eigenvalue weighted by atomic mass is 28.3. The Morgan fingerprint density at radius 2 is 1.46 bits per heavy atom. The number of hydrogen-bond donors (Lipinski definition) is 2. The highest BCUT2D eigenvalue weighted by Gasteiger charge is 2.61. The molecule has 1 radical (unpaired) electrons. The van der Waals surface area contributed by atoms with Crippen LogP contribution in [0.5, 0.6) is 11.5 Å². The standard InChI is InChI=1S/C37H43FN5O6Si/c1-35(2,3)49-31-30(44)28(48-37(31,50(6)7)43-22-40-29-32(39)41-34(38)42-33(29)43)21-47-36(23-11-9-8-10-12-23,24-13-17-26(45-4)18-14-24)25-15-19-27(46-5)20-16-25/h8-20,22,28,30-31,44H,21H2,1-7H3,(H2,39,41,42)/t28-,30-,31-,37+/m1/s1. The van der Waals surface area contributed by atoms with E-state index in [0.29, 0.717) is 11.5 Å². The number of hydrogen-bond acceptors (Lipinski definition) is 10. The fourth-order valence-electron chi connectivity index (χ4n) is 6.71. The van der Waals surface area contributed by atoms with Crippen LogP contribution in [0.4, 0.5) is 10.2 Å². The summed E-state index contributed by atoms with van der Waals surface area (Å²) in [4.78, 5) is 12.2. The number of nitrogen functional groups attached to an aromatic ring is 1. The van der Waals surface area contributed by atoms with Crippen LogP contribution >= 0.6 is 0 Å². The number of aliphatic hydroxyl groups is 1. The Morgan fingerprint density at radius 1 is 0.900 bits per heavy atom. The van der Waals surface area contributed by atoms with Gasteiger partial charge in [-0.05, 0) is 61.7 Å². The highest BCUT2D eigenvalue weighted by Crippen LogP contribution is 2.46. The van der Waals surface area contributed by atoms with Gasteiger partial charge in [-0.15, -0.1) is 0 Å². The Kier molecular flexibility index (Phi) is 9.72. The summed E-state index contributed by atoms with van der Waals surface area (Å²) in [6, 6.07) is 25.3. The Labute approximate surface area is 292 Å². The molecular weight excluding hydrogens is 658 g/mol. The van der Waals surface area contributed by atoms with E-state index in [1.807, 2.05) is 113 Å². The minimum absolute atomic E-state index is 0.0624. The van der Waals surface area contributed by atoms with Gasteiger partial charge in [-0.1, -0.05) is 67.7 Å². The summed E-state index contributed by atoms with van der Waals surface area (Å²) in [6.07, 6.45) is -2.47. The van der Waals surface area contributed by atoms with Gasteiger partial charge in [0.25, 0.3) is 0 Å². The third-order valence-electron chi connectivity index (χ3n) is 9.00. The van der Waals surface area contributed by atoms with E-state index in [9.17, 15) is 9.50 Å². The van der Waals surface area contributed by atoms with Crippen LogP contribution in [0, 0.1) is 6.08 Å². The molecule has 1 fully saturated rings. The third-order valence-corrected chi connectivity index (χ3v) is 11.1. The first kappa shape index (κ1) is 35.4. The van der Waals surface area contributed by atoms with E-state index in [-0.39, 0.29) is 23.6 Å². The molecule has 3 aromatic carbocycles. The van der Waals surface area contributed by atoms with Crippen molar-refractivity contribution in [2.75, 3.05) is 26.6 Å². The van der Waals surface area contributed by atoms with Gasteiger partial charge in [0.1, 0.15) is 44.2 Å². The monoisotopic (exact) mass is 700 g/mol. The molecule has 4 atom stereocenters. The molecule has 5 aromatic rings. The molecule has 0 unspecified atom stereocenters. The first-order valence-corrected chi connectivity index (χ1v) is 18.8. The summed E-state index contributed by atoms with van der Waals surface area (Å²) in [5.74, 6) is 1.29. The fraction of sp³-hybridized carbons (Fsp3) is 0.378. The van der Waals surface area contributed by atoms with Gasteiger partial charge in [-0.2, -0.15) is 14.4 Å². The molecule has 0 saturated carbocycles. The highest BCUT2D eigenvalue weighted by molar-refractivity contribution is 6.58. The van der Waals surface area contributed by atoms with Gasteiger partial charge < -0.3 is 34.5 Å². The second kappa shape index (κ2) is 13.7. The summed E-state index contributed by atoms with van der Waals surface area (Å²) >= 11 is 0. The smallest absolute Gasteiger partial charge is 0.312 e. The maximum absolute atomic E-state index is 14.6. The molecule has 263 valence electrons. The van der Waals surface area contributed by atoms with Gasteiger partial charge in [0, 0.05) is 0 Å². The lowest BCUT2D eigenvalue weighted by molar-refractivity contribution is -0.154. The van der Waals surface area contributed by atoms with Gasteiger partial charge in [-0.3, -0.25) is 4.57 Å². The lowest BCUT2D eigenvalue weighted by Gasteiger charge is -2.41. The normalized spacial score (nSPS) is 21.2. The van der Waals surface area contributed by atoms with Crippen LogP contribution in [0.3, 0.4) is 0 Å². The van der Waals surface area contributed by atoms with Crippen molar-refractivity contribution in [2.24, 2.45) is 0 Å². The maximum atomic E-state index is 14.6. The van der Waals surface area contributed by atoms with Crippen LogP contribution in [0.25, 0.3) is 11.2 Å². The summed E-state index contributed by atoms with van der Waals surface area (Å²) in [6.45, 7) is 9.74. The molecule has 0 bridgehead atoms. The summed E-state index contributed by atoms with van der Waals surface area (Å²) < 4.78 is 48.0. The third kappa shape index (κ3) is 6.24. The number of methoxy groups -OCH3 is 2. The zero-order chi connectivity index (χ0) is 35.8. The van der Waals surface area contributed by atoms with Crippen molar-refractivity contribution in [1.29, 1.82) is 0 Å². The average molecular weight is 701 g/mol. The van der Waals surface area contributed by atoms with Crippen molar-refractivity contribution in [2.45, 2.75) is 68.7 Å². The number of aliphatic hydroxyl groups excluding tert-OH is 1. The number of halogens is 1. The minimum atomic E-state index is -1.61. The second-order valence-electron chi connectivity index (χ2n) is 13.5. The maximum Gasteiger partial charge on any atom is 0.312 e. The van der Waals surface area contributed by atoms with Crippen LogP contribution in [-0.4, -0.2) is 78.2 Å². The Balaban J connectivity index is 1.49. The molecule has 11 nitrogen and oxygen atoms in total. The number of benzene rings is 3. The van der Waals surface area contributed by atoms with Crippen molar-refractivity contribution in [3.63, 3.8) is 0 Å². The number of ether oxygens (including phenoxy) is 5. The SMILES string of the molecule is COc1ccc(C(OC[C@H]2O[C@](n3cnc4c(N)nc(F)nc43)([Si](C)C)[C@H](OC(C)(C)C)[C@@H]2O)(c2ccccc2)c2ccc(OC)cc2)cc1. The summed E-state index contributed by atoms with van der Waals surface area (Å²) in [7, 11) is 1.63. The quantitative estimate of drug-likeness (QED) is 0.104. The van der Waals surface area contributed by atoms with E-state index in [0.717, 1.165) is 16.7 Å². The number of aromatic nitrogens is 4. The molecule has 6 rings (SSSR count). The number of imidazole rings is 1. The molecule has 1 aliphatic heterocycles. The first-order chi connectivity index (χ1) is 23.8. The zero-order valence-corrected chi connectivity index (χ0v) is 30.3. The van der Waals surface area contributed by atoms with E-state index < -0.39 is 49.7 Å². The van der Waals surface area contributed by atoms with Gasteiger partial charge in [0.2, 0.25) is 0 Å². The molecular formula is C37H43FN5O6Si. The van der Waals surface area contributed by atoms with Crippen LogP contribution in [0.1, 0.15) is 37.5 Å². The Hall–Kier alpha value is -4.40. The van der Waals surface area contributed by atoms with Crippen LogP contribution in [0.15, 0.2) is 85.2 Å². The minimum Gasteiger partial charge on any atom is -0.497 e. The fourth-order valence-corrected chi connectivity index (χ4v) is 8.54. The predicted octanol–water partition coefficient (Wildman–Crippen LogP) is 5.46. The molecule has 0 amide bonds. The summed E-state index contributed by atoms with van der Waals surface area (Å²) in [5.41, 5.74) is 7.10. The van der Waals surface area contributed by atoms with Crippen molar-refractivity contribution < 1.29 is 33.2 Å². The average Bonchev–Trinajstić information content (AvgIpc) is 3.64. The number of nitrogens with two attached hydrogens (primary N) is 1. The van der Waals surface area contributed by atoms with Crippen molar-refractivity contribution in [3.05, 3.63) is 108 Å². The van der Waals surface area contributed by atoms with Crippen molar-refractivity contribution in [3.8, 4) is 11.5 Å². The lowest BCUT2D eigenvalue weighted by atomic mass is 9.80. The van der Waals surface area contributed by atoms with E-state index in [2.05, 4.69) is 15.0 Å². The molecule has 1 aliphatic rings. The van der Waals surface area contributed by atoms with Gasteiger partial charge in [-0.25, -0.2) is 4.98 Å². The number of nitrogens with zero attached hydrogens (tertiary/aromatic N) is 4. The number of rotatable bonds is 11. The van der Waals surface area contributed by atoms with Crippen LogP contribution in [-0.2, 0) is 25.2 Å². The number of fused-ring (bicyclic) bond motifs is 1. The van der Waals surface area contributed by atoms with Crippen molar-refractivity contribution >= 4 is 25.8 Å². The Morgan fingerprint density at radius 3 is 1.98 bits per heavy atom. The molecule has 50 heavy (non-hydrogen) atoms. The van der Waals surface area contributed by atoms with E-state index in [1.54, 1.807) is 18.8 Å². The predicted molar refractivity (Wildman–Crippen MR) is 189 cm³/mol. The summed E-state index contributed by atoms with van der Waals surface area (Å²) in [5, 5.41) is 10.9. The molecule has 1 saturated heterocycles. The van der Waals surface area contributed by atoms with E-state index in [4.69, 9.17) is 29.4 Å². The molecule has 2 aromatic heterocycles. The van der Waals surface area contributed by atoms with Gasteiger partial charge in [0.05, 0.1) is 32.8 Å². The van der Waals surface area contributed by atoms with Crippen molar-refractivity contribution in [1.82, 2.24) is 19.5 Å². The second-order valence-corrected chi connectivity index (χ2v) is 16.2. The molecule has 3 heterocycles. The topological polar surface area (TPSA) is 136 Å². The molecule has 0 spiro atoms. The lowest BCUT2D eigenvalue weighted by Crippen LogP contribution is -2.57. The van der Waals surface area contributed by atoms with Gasteiger partial charge in [0.15, 0.2) is 22.3 Å². The van der Waals surface area contributed by atoms with Crippen LogP contribution in [0.2, 0.25) is 13.1 Å². The largest absolute Gasteiger partial charge is 0.497 e. The molecule has 0 aliphatic carbocycles. The molecule has 3 N–H and O–H groups in total. The molecule has 13 heteroatoms. The Bertz CT molecular complexity index is 1870. The van der Waals surface area contributed by atoms with E-state index in [1.165, 1.54) is 6.33 Å². The van der Waals surface area contributed by atoms with E-state index >= 15 is 0 Å². The van der Waals surface area contributed by atoms with Gasteiger partial charge >= 0.3 is 6.08 Å².